The average Bonchev–Trinajstić information content (AvgIpc) is 3.26. The molecular weight excluding hydrogens is 462 g/mol. The van der Waals surface area contributed by atoms with Gasteiger partial charge in [-0.2, -0.15) is 0 Å². The van der Waals surface area contributed by atoms with E-state index in [1.807, 2.05) is 70.6 Å². The molecule has 0 atom stereocenters. The predicted octanol–water partition coefficient (Wildman–Crippen LogP) is 7.18. The first-order valence-corrected chi connectivity index (χ1v) is 13.0. The van der Waals surface area contributed by atoms with Gasteiger partial charge in [0.25, 0.3) is 0 Å². The first kappa shape index (κ1) is 24.8. The lowest BCUT2D eigenvalue weighted by Crippen LogP contribution is -2.52. The van der Waals surface area contributed by atoms with Crippen LogP contribution in [0.3, 0.4) is 0 Å². The highest BCUT2D eigenvalue weighted by Crippen LogP contribution is 2.42. The Morgan fingerprint density at radius 3 is 2.41 bits per heavy atom. The Kier molecular flexibility index (Phi) is 6.59. The number of aromatic nitrogens is 2. The Bertz CT molecular complexity index is 1390. The molecule has 4 aromatic rings. The van der Waals surface area contributed by atoms with Gasteiger partial charge in [0.05, 0.1) is 36.7 Å². The molecule has 6 nitrogen and oxygen atoms in total. The van der Waals surface area contributed by atoms with E-state index in [1.165, 1.54) is 0 Å². The number of nitrogens with one attached hydrogen (secondary N) is 1. The van der Waals surface area contributed by atoms with Crippen LogP contribution in [-0.4, -0.2) is 27.7 Å². The van der Waals surface area contributed by atoms with Crippen molar-refractivity contribution in [2.45, 2.75) is 58.1 Å². The minimum Gasteiger partial charge on any atom is -0.492 e. The fourth-order valence-electron chi connectivity index (χ4n) is 4.83. The summed E-state index contributed by atoms with van der Waals surface area (Å²) >= 11 is 0. The quantitative estimate of drug-likeness (QED) is 0.263. The first-order valence-electron chi connectivity index (χ1n) is 13.0. The van der Waals surface area contributed by atoms with E-state index in [0.717, 1.165) is 58.7 Å². The van der Waals surface area contributed by atoms with E-state index in [0.29, 0.717) is 6.61 Å². The molecule has 1 amide bonds. The number of hydrogen-bond acceptors (Lipinski definition) is 4. The SMILES string of the molecule is C[CH+]C(C)(C)OC(=O)NC1(c2ccc(-c3nc4ccc(OCC)cn4c3-c3ccccc3)cc2)CCC1. The number of amides is 1. The van der Waals surface area contributed by atoms with Gasteiger partial charge in [0.2, 0.25) is 5.60 Å². The number of rotatable bonds is 8. The molecule has 1 fully saturated rings. The van der Waals surface area contributed by atoms with Crippen LogP contribution in [-0.2, 0) is 10.3 Å². The van der Waals surface area contributed by atoms with Gasteiger partial charge in [0.15, 0.2) is 0 Å². The molecule has 190 valence electrons. The minimum absolute atomic E-state index is 0.385. The summed E-state index contributed by atoms with van der Waals surface area (Å²) in [5, 5.41) is 3.16. The van der Waals surface area contributed by atoms with Gasteiger partial charge in [0.1, 0.15) is 17.8 Å². The summed E-state index contributed by atoms with van der Waals surface area (Å²) in [6.07, 6.45) is 6.34. The van der Waals surface area contributed by atoms with Gasteiger partial charge in [-0.15, -0.1) is 0 Å². The lowest BCUT2D eigenvalue weighted by Gasteiger charge is -2.43. The second-order valence-electron chi connectivity index (χ2n) is 10.1. The van der Waals surface area contributed by atoms with Gasteiger partial charge >= 0.3 is 6.09 Å². The van der Waals surface area contributed by atoms with Gasteiger partial charge in [-0.05, 0) is 43.9 Å². The Morgan fingerprint density at radius 2 is 1.78 bits per heavy atom. The molecule has 0 unspecified atom stereocenters. The van der Waals surface area contributed by atoms with Crippen molar-refractivity contribution >= 4 is 11.7 Å². The standard InChI is InChI=1S/C31H33N3O3/c1-5-30(3,4)37-29(35)33-31(19-10-20-31)24-15-13-22(14-16-24)27-28(23-11-8-7-9-12-23)34-21-25(36-6-2)17-18-26(34)32-27/h5,7-9,11-18,21H,6,10,19-20H2,1-4H3/p+1. The van der Waals surface area contributed by atoms with Crippen LogP contribution in [0, 0.1) is 6.42 Å². The van der Waals surface area contributed by atoms with Gasteiger partial charge in [0, 0.05) is 25.0 Å². The molecule has 2 aromatic carbocycles. The Hall–Kier alpha value is -3.93. The van der Waals surface area contributed by atoms with Crippen LogP contribution in [0.5, 0.6) is 5.75 Å². The number of nitrogens with zero attached hydrogens (tertiary/aromatic N) is 2. The number of ether oxygens (including phenoxy) is 2. The molecule has 1 N–H and O–H groups in total. The summed E-state index contributed by atoms with van der Waals surface area (Å²) in [7, 11) is 0. The number of benzene rings is 2. The van der Waals surface area contributed by atoms with Crippen LogP contribution >= 0.6 is 0 Å². The molecule has 0 radical (unpaired) electrons. The first-order chi connectivity index (χ1) is 17.8. The summed E-state index contributed by atoms with van der Waals surface area (Å²) in [5.74, 6) is 0.806. The summed E-state index contributed by atoms with van der Waals surface area (Å²) in [4.78, 5) is 17.7. The molecule has 0 bridgehead atoms. The van der Waals surface area contributed by atoms with E-state index in [1.54, 1.807) is 0 Å². The number of pyridine rings is 1. The molecule has 1 aliphatic carbocycles. The molecule has 0 aliphatic heterocycles. The second kappa shape index (κ2) is 9.85. The van der Waals surface area contributed by atoms with Gasteiger partial charge < -0.3 is 14.8 Å². The van der Waals surface area contributed by atoms with Gasteiger partial charge in [-0.3, -0.25) is 4.40 Å². The fourth-order valence-corrected chi connectivity index (χ4v) is 4.83. The van der Waals surface area contributed by atoms with Gasteiger partial charge in [-0.1, -0.05) is 54.6 Å². The van der Waals surface area contributed by atoms with Crippen LogP contribution < -0.4 is 10.1 Å². The highest BCUT2D eigenvalue weighted by atomic mass is 16.6. The van der Waals surface area contributed by atoms with Crippen molar-refractivity contribution in [2.75, 3.05) is 6.61 Å². The molecule has 6 heteroatoms. The fraction of sp³-hybridized carbons (Fsp3) is 0.323. The van der Waals surface area contributed by atoms with Crippen molar-refractivity contribution in [2.24, 2.45) is 0 Å². The average molecular weight is 497 g/mol. The van der Waals surface area contributed by atoms with E-state index in [4.69, 9.17) is 14.5 Å². The molecular formula is C31H34N3O3+. The molecule has 1 aliphatic rings. The third kappa shape index (κ3) is 4.88. The Balaban J connectivity index is 1.50. The zero-order valence-electron chi connectivity index (χ0n) is 22.0. The van der Waals surface area contributed by atoms with Crippen LogP contribution in [0.4, 0.5) is 4.79 Å². The largest absolute Gasteiger partial charge is 0.492 e. The van der Waals surface area contributed by atoms with Gasteiger partial charge in [-0.25, -0.2) is 9.78 Å². The highest BCUT2D eigenvalue weighted by molar-refractivity contribution is 5.82. The smallest absolute Gasteiger partial charge is 0.411 e. The maximum Gasteiger partial charge on any atom is 0.411 e. The van der Waals surface area contributed by atoms with Crippen LogP contribution in [0.15, 0.2) is 72.9 Å². The van der Waals surface area contributed by atoms with E-state index < -0.39 is 11.1 Å². The van der Waals surface area contributed by atoms with E-state index >= 15 is 0 Å². The van der Waals surface area contributed by atoms with Crippen molar-refractivity contribution in [3.8, 4) is 28.3 Å². The third-order valence-corrected chi connectivity index (χ3v) is 7.26. The maximum atomic E-state index is 12.7. The van der Waals surface area contributed by atoms with E-state index in [9.17, 15) is 4.79 Å². The summed E-state index contributed by atoms with van der Waals surface area (Å²) < 4.78 is 13.5. The van der Waals surface area contributed by atoms with Crippen LogP contribution in [0.2, 0.25) is 0 Å². The number of hydrogen-bond donors (Lipinski definition) is 1. The zero-order valence-corrected chi connectivity index (χ0v) is 22.0. The zero-order chi connectivity index (χ0) is 26.0. The lowest BCUT2D eigenvalue weighted by atomic mass is 9.71. The number of carbonyl (C=O) groups excluding carboxylic acids is 1. The number of carbonyl (C=O) groups is 1. The number of imidazole rings is 1. The summed E-state index contributed by atoms with van der Waals surface area (Å²) in [6, 6.07) is 22.7. The summed E-state index contributed by atoms with van der Waals surface area (Å²) in [6.45, 7) is 8.24. The second-order valence-corrected chi connectivity index (χ2v) is 10.1. The monoisotopic (exact) mass is 496 g/mol. The Labute approximate surface area is 218 Å². The minimum atomic E-state index is -0.613. The van der Waals surface area contributed by atoms with Crippen molar-refractivity contribution in [1.29, 1.82) is 0 Å². The van der Waals surface area contributed by atoms with Crippen molar-refractivity contribution in [1.82, 2.24) is 14.7 Å². The summed E-state index contributed by atoms with van der Waals surface area (Å²) in [5.41, 5.74) is 4.95. The number of fused-ring (bicyclic) bond motifs is 1. The van der Waals surface area contributed by atoms with Crippen molar-refractivity contribution in [3.63, 3.8) is 0 Å². The molecule has 37 heavy (non-hydrogen) atoms. The molecule has 2 aromatic heterocycles. The van der Waals surface area contributed by atoms with Crippen molar-refractivity contribution < 1.29 is 14.3 Å². The normalized spacial score (nSPS) is 14.6. The molecule has 1 saturated carbocycles. The number of alkyl carbamates (subject to hydrolysis) is 1. The van der Waals surface area contributed by atoms with Crippen LogP contribution in [0.25, 0.3) is 28.2 Å². The highest BCUT2D eigenvalue weighted by Gasteiger charge is 2.42. The maximum absolute atomic E-state index is 12.7. The Morgan fingerprint density at radius 1 is 1.05 bits per heavy atom. The molecule has 2 heterocycles. The van der Waals surface area contributed by atoms with E-state index in [-0.39, 0.29) is 6.09 Å². The predicted molar refractivity (Wildman–Crippen MR) is 146 cm³/mol. The van der Waals surface area contributed by atoms with E-state index in [2.05, 4.69) is 46.1 Å². The topological polar surface area (TPSA) is 64.9 Å². The molecule has 0 spiro atoms. The van der Waals surface area contributed by atoms with Crippen molar-refractivity contribution in [3.05, 3.63) is 84.9 Å². The van der Waals surface area contributed by atoms with Crippen LogP contribution in [0.1, 0.15) is 52.5 Å². The lowest BCUT2D eigenvalue weighted by molar-refractivity contribution is 0.0455. The molecule has 0 saturated heterocycles. The third-order valence-electron chi connectivity index (χ3n) is 7.26. The molecule has 5 rings (SSSR count).